The first-order chi connectivity index (χ1) is 16.6. The molecule has 4 amide bonds. The second-order valence-electron chi connectivity index (χ2n) is 8.91. The third-order valence-electron chi connectivity index (χ3n) is 6.43. The summed E-state index contributed by atoms with van der Waals surface area (Å²) in [6, 6.07) is 11.3. The predicted octanol–water partition coefficient (Wildman–Crippen LogP) is 2.69. The summed E-state index contributed by atoms with van der Waals surface area (Å²) in [5, 5.41) is 2.72. The zero-order valence-corrected chi connectivity index (χ0v) is 19.2. The molecule has 0 spiro atoms. The van der Waals surface area contributed by atoms with Crippen molar-refractivity contribution >= 4 is 23.7 Å². The minimum Gasteiger partial charge on any atom is -0.353 e. The number of imide groups is 1. The molecule has 35 heavy (non-hydrogen) atoms. The van der Waals surface area contributed by atoms with Gasteiger partial charge in [0.25, 0.3) is 5.91 Å². The Bertz CT molecular complexity index is 1090. The van der Waals surface area contributed by atoms with Crippen LogP contribution in [0.1, 0.15) is 24.5 Å². The van der Waals surface area contributed by atoms with Crippen LogP contribution < -0.4 is 10.2 Å². The monoisotopic (exact) mass is 489 g/mol. The zero-order chi connectivity index (χ0) is 25.2. The van der Waals surface area contributed by atoms with Gasteiger partial charge in [-0.05, 0) is 37.5 Å². The third-order valence-corrected chi connectivity index (χ3v) is 6.43. The number of carbonyl (C=O) groups excluding carboxylic acids is 3. The summed E-state index contributed by atoms with van der Waals surface area (Å²) in [6.07, 6.45) is -2.65. The number of hydrogen-bond donors (Lipinski definition) is 1. The molecule has 0 bridgehead atoms. The Hall–Kier alpha value is -3.63. The number of hydrogen-bond acceptors (Lipinski definition) is 5. The SMILES string of the molecule is C[C@]1(CCc2ccccc2)NC(=O)N(CC(=O)N2CCN(c3ccc(C(F)(F)F)cn3)CC2)C1=O. The molecular formula is C24H26F3N5O3. The molecule has 1 N–H and O–H groups in total. The van der Waals surface area contributed by atoms with Crippen LogP contribution in [-0.2, 0) is 22.2 Å². The van der Waals surface area contributed by atoms with Gasteiger partial charge in [0.1, 0.15) is 17.9 Å². The number of aryl methyl sites for hydroxylation is 1. The van der Waals surface area contributed by atoms with Crippen LogP contribution in [0.25, 0.3) is 0 Å². The van der Waals surface area contributed by atoms with Crippen molar-refractivity contribution in [3.8, 4) is 0 Å². The van der Waals surface area contributed by atoms with Crippen LogP contribution in [0.15, 0.2) is 48.7 Å². The fraction of sp³-hybridized carbons (Fsp3) is 0.417. The summed E-state index contributed by atoms with van der Waals surface area (Å²) in [7, 11) is 0. The summed E-state index contributed by atoms with van der Waals surface area (Å²) in [5.41, 5.74) is -0.856. The lowest BCUT2D eigenvalue weighted by molar-refractivity contribution is -0.139. The van der Waals surface area contributed by atoms with Crippen LogP contribution in [0.3, 0.4) is 0 Å². The van der Waals surface area contributed by atoms with E-state index in [9.17, 15) is 27.6 Å². The highest BCUT2D eigenvalue weighted by Crippen LogP contribution is 2.29. The second-order valence-corrected chi connectivity index (χ2v) is 8.91. The lowest BCUT2D eigenvalue weighted by atomic mass is 9.93. The molecule has 4 rings (SSSR count). The predicted molar refractivity (Wildman–Crippen MR) is 121 cm³/mol. The van der Waals surface area contributed by atoms with Crippen molar-refractivity contribution in [2.24, 2.45) is 0 Å². The molecule has 186 valence electrons. The van der Waals surface area contributed by atoms with Gasteiger partial charge in [-0.2, -0.15) is 13.2 Å². The Kier molecular flexibility index (Phi) is 6.68. The topological polar surface area (TPSA) is 85.8 Å². The molecule has 11 heteroatoms. The number of aromatic nitrogens is 1. The Morgan fingerprint density at radius 3 is 2.34 bits per heavy atom. The number of nitrogens with zero attached hydrogens (tertiary/aromatic N) is 4. The first-order valence-electron chi connectivity index (χ1n) is 11.3. The number of anilines is 1. The van der Waals surface area contributed by atoms with Crippen LogP contribution in [0.2, 0.25) is 0 Å². The smallest absolute Gasteiger partial charge is 0.353 e. The van der Waals surface area contributed by atoms with Gasteiger partial charge >= 0.3 is 12.2 Å². The molecule has 2 aliphatic rings. The van der Waals surface area contributed by atoms with E-state index in [0.29, 0.717) is 44.8 Å². The van der Waals surface area contributed by atoms with E-state index >= 15 is 0 Å². The Morgan fingerprint density at radius 1 is 1.06 bits per heavy atom. The Labute approximate surface area is 200 Å². The lowest BCUT2D eigenvalue weighted by Crippen LogP contribution is -2.52. The van der Waals surface area contributed by atoms with Crippen molar-refractivity contribution < 1.29 is 27.6 Å². The minimum atomic E-state index is -4.45. The molecule has 8 nitrogen and oxygen atoms in total. The maximum absolute atomic E-state index is 13.0. The molecule has 0 saturated carbocycles. The molecule has 3 heterocycles. The van der Waals surface area contributed by atoms with Crippen molar-refractivity contribution in [1.29, 1.82) is 0 Å². The van der Waals surface area contributed by atoms with E-state index in [1.807, 2.05) is 30.3 Å². The number of carbonyl (C=O) groups is 3. The number of halogens is 3. The molecule has 1 aromatic carbocycles. The molecular weight excluding hydrogens is 463 g/mol. The standard InChI is InChI=1S/C24H26F3N5O3/c1-23(10-9-17-5-3-2-4-6-17)21(34)32(22(35)29-23)16-20(33)31-13-11-30(12-14-31)19-8-7-18(15-28-19)24(25,26)27/h2-8,15H,9-14,16H2,1H3,(H,29,35)/t23-/m1/s1. The number of nitrogens with one attached hydrogen (secondary N) is 1. The number of alkyl halides is 3. The van der Waals surface area contributed by atoms with Crippen LogP contribution in [0.4, 0.5) is 23.8 Å². The van der Waals surface area contributed by atoms with Gasteiger partial charge in [0.15, 0.2) is 0 Å². The van der Waals surface area contributed by atoms with Crippen LogP contribution in [0, 0.1) is 0 Å². The third kappa shape index (κ3) is 5.39. The first kappa shape index (κ1) is 24.5. The average molecular weight is 489 g/mol. The van der Waals surface area contributed by atoms with Crippen LogP contribution in [0.5, 0.6) is 0 Å². The summed E-state index contributed by atoms with van der Waals surface area (Å²) in [4.78, 5) is 46.5. The van der Waals surface area contributed by atoms with E-state index < -0.39 is 29.2 Å². The zero-order valence-electron chi connectivity index (χ0n) is 19.2. The maximum atomic E-state index is 13.0. The molecule has 2 aromatic rings. The van der Waals surface area contributed by atoms with E-state index in [1.54, 1.807) is 16.7 Å². The van der Waals surface area contributed by atoms with Crippen molar-refractivity contribution in [3.63, 3.8) is 0 Å². The fourth-order valence-electron chi connectivity index (χ4n) is 4.26. The quantitative estimate of drug-likeness (QED) is 0.631. The van der Waals surface area contributed by atoms with E-state index in [-0.39, 0.29) is 12.5 Å². The molecule has 1 atom stereocenters. The lowest BCUT2D eigenvalue weighted by Gasteiger charge is -2.36. The molecule has 2 aliphatic heterocycles. The summed E-state index contributed by atoms with van der Waals surface area (Å²) in [6.45, 7) is 2.66. The highest BCUT2D eigenvalue weighted by molar-refractivity contribution is 6.08. The van der Waals surface area contributed by atoms with E-state index in [0.717, 1.165) is 22.7 Å². The maximum Gasteiger partial charge on any atom is 0.417 e. The van der Waals surface area contributed by atoms with Gasteiger partial charge in [-0.1, -0.05) is 30.3 Å². The number of urea groups is 1. The van der Waals surface area contributed by atoms with Crippen molar-refractivity contribution in [2.45, 2.75) is 31.5 Å². The van der Waals surface area contributed by atoms with Gasteiger partial charge in [0, 0.05) is 32.4 Å². The van der Waals surface area contributed by atoms with Crippen molar-refractivity contribution in [1.82, 2.24) is 20.1 Å². The van der Waals surface area contributed by atoms with Gasteiger partial charge in [-0.25, -0.2) is 9.78 Å². The van der Waals surface area contributed by atoms with E-state index in [4.69, 9.17) is 0 Å². The Morgan fingerprint density at radius 2 is 1.74 bits per heavy atom. The Balaban J connectivity index is 1.30. The van der Waals surface area contributed by atoms with E-state index in [2.05, 4.69) is 10.3 Å². The molecule has 0 unspecified atom stereocenters. The average Bonchev–Trinajstić information content (AvgIpc) is 3.06. The summed E-state index contributed by atoms with van der Waals surface area (Å²) >= 11 is 0. The van der Waals surface area contributed by atoms with Gasteiger partial charge in [-0.3, -0.25) is 14.5 Å². The minimum absolute atomic E-state index is 0.302. The van der Waals surface area contributed by atoms with E-state index in [1.165, 1.54) is 6.07 Å². The molecule has 2 fully saturated rings. The number of amides is 4. The largest absolute Gasteiger partial charge is 0.417 e. The number of benzene rings is 1. The molecule has 1 aromatic heterocycles. The number of pyridine rings is 1. The normalized spacial score (nSPS) is 20.9. The highest BCUT2D eigenvalue weighted by Gasteiger charge is 2.48. The molecule has 0 radical (unpaired) electrons. The first-order valence-corrected chi connectivity index (χ1v) is 11.3. The molecule has 0 aliphatic carbocycles. The highest BCUT2D eigenvalue weighted by atomic mass is 19.4. The summed E-state index contributed by atoms with van der Waals surface area (Å²) in [5.74, 6) is -0.395. The fourth-order valence-corrected chi connectivity index (χ4v) is 4.26. The van der Waals surface area contributed by atoms with Crippen LogP contribution >= 0.6 is 0 Å². The van der Waals surface area contributed by atoms with Crippen LogP contribution in [-0.4, -0.2) is 70.9 Å². The number of rotatable bonds is 6. The van der Waals surface area contributed by atoms with Crippen molar-refractivity contribution in [3.05, 3.63) is 59.8 Å². The summed E-state index contributed by atoms with van der Waals surface area (Å²) < 4.78 is 38.2. The van der Waals surface area contributed by atoms with Gasteiger partial charge in [0.05, 0.1) is 5.56 Å². The number of piperazine rings is 1. The van der Waals surface area contributed by atoms with Gasteiger partial charge in [0.2, 0.25) is 5.91 Å². The van der Waals surface area contributed by atoms with Crippen molar-refractivity contribution in [2.75, 3.05) is 37.6 Å². The second kappa shape index (κ2) is 9.55. The van der Waals surface area contributed by atoms with Gasteiger partial charge in [-0.15, -0.1) is 0 Å². The molecule has 2 saturated heterocycles. The van der Waals surface area contributed by atoms with Gasteiger partial charge < -0.3 is 15.1 Å².